The van der Waals surface area contributed by atoms with Crippen LogP contribution in [0.25, 0.3) is 0 Å². The van der Waals surface area contributed by atoms with Gasteiger partial charge in [-0.2, -0.15) is 11.8 Å². The number of aliphatic hydroxyl groups is 1. The Labute approximate surface area is 96.7 Å². The van der Waals surface area contributed by atoms with Gasteiger partial charge in [0.25, 0.3) is 0 Å². The van der Waals surface area contributed by atoms with E-state index in [2.05, 4.69) is 10.3 Å². The first-order valence-corrected chi connectivity index (χ1v) is 6.38. The largest absolute Gasteiger partial charge is 0.396 e. The third-order valence-electron chi connectivity index (χ3n) is 1.47. The van der Waals surface area contributed by atoms with Crippen LogP contribution in [0.1, 0.15) is 27.2 Å². The molecule has 90 valence electrons. The number of hydrogen-bond acceptors (Lipinski definition) is 3. The molecule has 4 N–H and O–H groups in total. The lowest BCUT2D eigenvalue weighted by molar-refractivity contribution is 0.296. The maximum absolute atomic E-state index is 8.57. The summed E-state index contributed by atoms with van der Waals surface area (Å²) in [5, 5.41) is 11.7. The van der Waals surface area contributed by atoms with Crippen molar-refractivity contribution < 1.29 is 5.11 Å². The van der Waals surface area contributed by atoms with Gasteiger partial charge >= 0.3 is 0 Å². The van der Waals surface area contributed by atoms with E-state index in [0.29, 0.717) is 5.96 Å². The average molecular weight is 233 g/mol. The van der Waals surface area contributed by atoms with Crippen LogP contribution in [-0.2, 0) is 0 Å². The van der Waals surface area contributed by atoms with Crippen LogP contribution in [0.4, 0.5) is 0 Å². The molecule has 0 aromatic heterocycles. The van der Waals surface area contributed by atoms with Crippen molar-refractivity contribution in [3.8, 4) is 0 Å². The molecule has 0 saturated carbocycles. The number of nitrogens with two attached hydrogens (primary N) is 1. The van der Waals surface area contributed by atoms with Crippen molar-refractivity contribution in [3.63, 3.8) is 0 Å². The zero-order chi connectivity index (χ0) is 11.7. The van der Waals surface area contributed by atoms with Crippen molar-refractivity contribution in [1.29, 1.82) is 0 Å². The van der Waals surface area contributed by atoms with Crippen molar-refractivity contribution in [2.45, 2.75) is 32.7 Å². The smallest absolute Gasteiger partial charge is 0.189 e. The fourth-order valence-corrected chi connectivity index (χ4v) is 1.68. The Balaban J connectivity index is 3.50. The summed E-state index contributed by atoms with van der Waals surface area (Å²) in [5.74, 6) is 2.44. The van der Waals surface area contributed by atoms with Gasteiger partial charge < -0.3 is 16.2 Å². The first kappa shape index (κ1) is 14.6. The van der Waals surface area contributed by atoms with Crippen molar-refractivity contribution in [3.05, 3.63) is 0 Å². The van der Waals surface area contributed by atoms with Crippen LogP contribution in [0, 0.1) is 0 Å². The summed E-state index contributed by atoms with van der Waals surface area (Å²) in [5.41, 5.74) is 5.66. The number of nitrogens with one attached hydrogen (secondary N) is 1. The lowest BCUT2D eigenvalue weighted by atomic mass is 10.1. The minimum Gasteiger partial charge on any atom is -0.396 e. The minimum atomic E-state index is -0.0301. The molecule has 0 aromatic carbocycles. The lowest BCUT2D eigenvalue weighted by Gasteiger charge is -2.20. The van der Waals surface area contributed by atoms with Gasteiger partial charge in [0.2, 0.25) is 0 Å². The molecule has 0 aliphatic rings. The molecule has 0 aliphatic heterocycles. The first-order valence-electron chi connectivity index (χ1n) is 5.22. The van der Waals surface area contributed by atoms with Gasteiger partial charge in [0, 0.05) is 17.9 Å². The zero-order valence-electron chi connectivity index (χ0n) is 9.92. The van der Waals surface area contributed by atoms with Gasteiger partial charge in [-0.15, -0.1) is 0 Å². The van der Waals surface area contributed by atoms with E-state index in [-0.39, 0.29) is 12.1 Å². The second kappa shape index (κ2) is 7.82. The minimum absolute atomic E-state index is 0.0301. The van der Waals surface area contributed by atoms with Gasteiger partial charge in [0.05, 0.1) is 6.54 Å². The molecule has 0 heterocycles. The number of nitrogens with zero attached hydrogens (tertiary/aromatic N) is 1. The summed E-state index contributed by atoms with van der Waals surface area (Å²) in [4.78, 5) is 4.21. The Morgan fingerprint density at radius 2 is 2.07 bits per heavy atom. The van der Waals surface area contributed by atoms with Crippen LogP contribution >= 0.6 is 11.8 Å². The fourth-order valence-electron chi connectivity index (χ4n) is 0.923. The topological polar surface area (TPSA) is 70.6 Å². The molecule has 0 bridgehead atoms. The molecule has 0 aliphatic carbocycles. The van der Waals surface area contributed by atoms with Crippen LogP contribution in [0.15, 0.2) is 4.99 Å². The van der Waals surface area contributed by atoms with Gasteiger partial charge in [-0.1, -0.05) is 0 Å². The highest BCUT2D eigenvalue weighted by atomic mass is 32.2. The number of thioether (sulfide) groups is 1. The monoisotopic (exact) mass is 233 g/mol. The highest BCUT2D eigenvalue weighted by molar-refractivity contribution is 7.99. The number of aliphatic imine (C=N–C) groups is 1. The third kappa shape index (κ3) is 11.5. The van der Waals surface area contributed by atoms with Crippen LogP contribution in [0.3, 0.4) is 0 Å². The summed E-state index contributed by atoms with van der Waals surface area (Å²) >= 11 is 1.79. The van der Waals surface area contributed by atoms with E-state index in [1.807, 2.05) is 20.8 Å². The molecular weight excluding hydrogens is 210 g/mol. The summed E-state index contributed by atoms with van der Waals surface area (Å²) < 4.78 is 0. The molecule has 15 heavy (non-hydrogen) atoms. The van der Waals surface area contributed by atoms with E-state index in [1.54, 1.807) is 11.8 Å². The van der Waals surface area contributed by atoms with Crippen molar-refractivity contribution in [2.24, 2.45) is 10.7 Å². The number of guanidine groups is 1. The molecule has 0 atom stereocenters. The van der Waals surface area contributed by atoms with Gasteiger partial charge in [-0.3, -0.25) is 4.99 Å². The highest BCUT2D eigenvalue weighted by Gasteiger charge is 2.09. The van der Waals surface area contributed by atoms with Crippen LogP contribution < -0.4 is 11.1 Å². The predicted octanol–water partition coefficient (Wildman–Crippen LogP) is 0.805. The van der Waals surface area contributed by atoms with Crippen LogP contribution in [0.5, 0.6) is 0 Å². The molecule has 0 rings (SSSR count). The number of hydrogen-bond donors (Lipinski definition) is 3. The standard InChI is InChI=1S/C10H23N3OS/c1-10(2,3)13-9(11)12-5-8-15-7-4-6-14/h14H,4-8H2,1-3H3,(H3,11,12,13). The van der Waals surface area contributed by atoms with Gasteiger partial charge in [-0.05, 0) is 32.9 Å². The lowest BCUT2D eigenvalue weighted by Crippen LogP contribution is -2.45. The maximum atomic E-state index is 8.57. The summed E-state index contributed by atoms with van der Waals surface area (Å²) in [6.45, 7) is 7.14. The SMILES string of the molecule is CC(C)(C)NC(N)=NCCSCCCO. The second-order valence-electron chi connectivity index (χ2n) is 4.33. The van der Waals surface area contributed by atoms with E-state index >= 15 is 0 Å². The van der Waals surface area contributed by atoms with Crippen molar-refractivity contribution >= 4 is 17.7 Å². The average Bonchev–Trinajstić information content (AvgIpc) is 2.08. The fraction of sp³-hybridized carbons (Fsp3) is 0.900. The van der Waals surface area contributed by atoms with Crippen molar-refractivity contribution in [1.82, 2.24) is 5.32 Å². The molecule has 4 nitrogen and oxygen atoms in total. The van der Waals surface area contributed by atoms with Crippen LogP contribution in [-0.4, -0.2) is 41.3 Å². The molecule has 0 amide bonds. The molecule has 5 heteroatoms. The highest BCUT2D eigenvalue weighted by Crippen LogP contribution is 2.01. The second-order valence-corrected chi connectivity index (χ2v) is 5.56. The van der Waals surface area contributed by atoms with E-state index < -0.39 is 0 Å². The maximum Gasteiger partial charge on any atom is 0.189 e. The van der Waals surface area contributed by atoms with E-state index in [1.165, 1.54) is 0 Å². The molecule has 0 spiro atoms. The summed E-state index contributed by atoms with van der Waals surface area (Å²) in [6, 6.07) is 0. The van der Waals surface area contributed by atoms with Crippen LogP contribution in [0.2, 0.25) is 0 Å². The van der Waals surface area contributed by atoms with Gasteiger partial charge in [0.15, 0.2) is 5.96 Å². The third-order valence-corrected chi connectivity index (χ3v) is 2.52. The zero-order valence-corrected chi connectivity index (χ0v) is 10.7. The molecule has 0 aromatic rings. The molecule has 0 saturated heterocycles. The summed E-state index contributed by atoms with van der Waals surface area (Å²) in [6.07, 6.45) is 0.851. The molecule has 0 radical (unpaired) electrons. The summed E-state index contributed by atoms with van der Waals surface area (Å²) in [7, 11) is 0. The van der Waals surface area contributed by atoms with E-state index in [9.17, 15) is 0 Å². The number of aliphatic hydroxyl groups excluding tert-OH is 1. The van der Waals surface area contributed by atoms with E-state index in [4.69, 9.17) is 10.8 Å². The number of rotatable bonds is 6. The molecular formula is C10H23N3OS. The van der Waals surface area contributed by atoms with Crippen molar-refractivity contribution in [2.75, 3.05) is 24.7 Å². The predicted molar refractivity (Wildman–Crippen MR) is 68.4 cm³/mol. The quantitative estimate of drug-likeness (QED) is 0.361. The Morgan fingerprint density at radius 1 is 1.40 bits per heavy atom. The van der Waals surface area contributed by atoms with Gasteiger partial charge in [0.1, 0.15) is 0 Å². The Kier molecular flexibility index (Phi) is 7.60. The van der Waals surface area contributed by atoms with Gasteiger partial charge in [-0.25, -0.2) is 0 Å². The Bertz CT molecular complexity index is 190. The Morgan fingerprint density at radius 3 is 2.60 bits per heavy atom. The van der Waals surface area contributed by atoms with E-state index in [0.717, 1.165) is 24.5 Å². The Hall–Kier alpha value is -0.420. The molecule has 0 unspecified atom stereocenters. The first-order chi connectivity index (χ1) is 6.95. The molecule has 0 fully saturated rings. The normalized spacial score (nSPS) is 12.9.